The van der Waals surface area contributed by atoms with E-state index in [-0.39, 0.29) is 5.89 Å². The van der Waals surface area contributed by atoms with Gasteiger partial charge in [0.2, 0.25) is 0 Å². The van der Waals surface area contributed by atoms with Gasteiger partial charge >= 0.3 is 11.8 Å². The maximum atomic E-state index is 13.8. The Bertz CT molecular complexity index is 765. The number of nitrogens with zero attached hydrogens (tertiary/aromatic N) is 3. The van der Waals surface area contributed by atoms with Crippen molar-refractivity contribution in [3.63, 3.8) is 0 Å². The lowest BCUT2D eigenvalue weighted by atomic mass is 9.91. The van der Waals surface area contributed by atoms with Crippen LogP contribution in [0.25, 0.3) is 0 Å². The van der Waals surface area contributed by atoms with E-state index in [9.17, 15) is 13.6 Å². The molecule has 26 heavy (non-hydrogen) atoms. The molecule has 1 aromatic heterocycles. The summed E-state index contributed by atoms with van der Waals surface area (Å²) in [6.07, 6.45) is 3.55. The molecule has 0 aliphatic carbocycles. The first-order valence-corrected chi connectivity index (χ1v) is 8.76. The molecule has 1 unspecified atom stereocenters. The van der Waals surface area contributed by atoms with Crippen molar-refractivity contribution in [2.24, 2.45) is 5.92 Å². The first-order chi connectivity index (χ1) is 12.5. The van der Waals surface area contributed by atoms with Gasteiger partial charge in [-0.3, -0.25) is 9.69 Å². The van der Waals surface area contributed by atoms with Gasteiger partial charge < -0.3 is 9.84 Å². The second kappa shape index (κ2) is 8.35. The minimum Gasteiger partial charge on any atom is -0.351 e. The minimum absolute atomic E-state index is 0.0390. The molecule has 1 aliphatic rings. The largest absolute Gasteiger partial charge is 0.351 e. The molecule has 2 heterocycles. The number of hydrogen-bond donors (Lipinski definition) is 1. The maximum Gasteiger partial charge on any atom is 0.315 e. The van der Waals surface area contributed by atoms with Crippen LogP contribution in [0.1, 0.15) is 41.3 Å². The van der Waals surface area contributed by atoms with Crippen LogP contribution in [0.3, 0.4) is 0 Å². The second-order valence-corrected chi connectivity index (χ2v) is 6.61. The molecule has 8 heteroatoms. The standard InChI is InChI=1S/C18H22F2N4O2/c1-21-17(25)18-22-16(23-26-18)11-24-8-2-3-12(10-24)4-5-13-6-7-14(19)9-15(13)20/h6-7,9,12H,2-5,8,10-11H2,1H3,(H,21,25). The number of halogens is 2. The van der Waals surface area contributed by atoms with E-state index in [1.807, 2.05) is 0 Å². The Hall–Kier alpha value is -2.35. The van der Waals surface area contributed by atoms with E-state index in [0.29, 0.717) is 30.3 Å². The van der Waals surface area contributed by atoms with Crippen molar-refractivity contribution in [2.75, 3.05) is 20.1 Å². The zero-order valence-electron chi connectivity index (χ0n) is 14.7. The summed E-state index contributed by atoms with van der Waals surface area (Å²) in [4.78, 5) is 17.8. The lowest BCUT2D eigenvalue weighted by Gasteiger charge is -2.31. The van der Waals surface area contributed by atoms with Crippen molar-refractivity contribution in [2.45, 2.75) is 32.2 Å². The molecule has 140 valence electrons. The normalized spacial score (nSPS) is 18.0. The Kier molecular flexibility index (Phi) is 5.92. The predicted octanol–water partition coefficient (Wildman–Crippen LogP) is 2.55. The van der Waals surface area contributed by atoms with E-state index in [1.54, 1.807) is 0 Å². The van der Waals surface area contributed by atoms with E-state index >= 15 is 0 Å². The maximum absolute atomic E-state index is 13.8. The Labute approximate surface area is 150 Å². The van der Waals surface area contributed by atoms with Crippen LogP contribution in [0.2, 0.25) is 0 Å². The summed E-state index contributed by atoms with van der Waals surface area (Å²) in [5.41, 5.74) is 0.553. The zero-order chi connectivity index (χ0) is 18.5. The van der Waals surface area contributed by atoms with Crippen molar-refractivity contribution < 1.29 is 18.1 Å². The molecular weight excluding hydrogens is 342 g/mol. The average molecular weight is 364 g/mol. The van der Waals surface area contributed by atoms with Crippen molar-refractivity contribution in [1.29, 1.82) is 0 Å². The summed E-state index contributed by atoms with van der Waals surface area (Å²) in [6, 6.07) is 3.75. The Morgan fingerprint density at radius 2 is 2.27 bits per heavy atom. The van der Waals surface area contributed by atoms with Crippen LogP contribution in [-0.4, -0.2) is 41.1 Å². The predicted molar refractivity (Wildman–Crippen MR) is 90.4 cm³/mol. The number of nitrogens with one attached hydrogen (secondary N) is 1. The van der Waals surface area contributed by atoms with Gasteiger partial charge in [-0.25, -0.2) is 8.78 Å². The first-order valence-electron chi connectivity index (χ1n) is 8.76. The molecule has 2 aromatic rings. The highest BCUT2D eigenvalue weighted by Gasteiger charge is 2.22. The molecule has 1 aliphatic heterocycles. The number of aryl methyl sites for hydroxylation is 1. The van der Waals surface area contributed by atoms with E-state index in [2.05, 4.69) is 20.4 Å². The fraction of sp³-hybridized carbons (Fsp3) is 0.500. The quantitative estimate of drug-likeness (QED) is 0.853. The van der Waals surface area contributed by atoms with Crippen molar-refractivity contribution in [1.82, 2.24) is 20.4 Å². The molecule has 1 N–H and O–H groups in total. The van der Waals surface area contributed by atoms with Gasteiger partial charge in [0.05, 0.1) is 6.54 Å². The monoisotopic (exact) mass is 364 g/mol. The number of piperidine rings is 1. The molecule has 1 aromatic carbocycles. The Balaban J connectivity index is 1.52. The third-order valence-corrected chi connectivity index (χ3v) is 4.69. The van der Waals surface area contributed by atoms with Gasteiger partial charge in [-0.05, 0) is 49.8 Å². The van der Waals surface area contributed by atoms with Crippen molar-refractivity contribution in [3.05, 3.63) is 47.1 Å². The van der Waals surface area contributed by atoms with Gasteiger partial charge in [0, 0.05) is 19.7 Å². The molecule has 0 bridgehead atoms. The molecule has 1 atom stereocenters. The topological polar surface area (TPSA) is 71.3 Å². The van der Waals surface area contributed by atoms with E-state index in [4.69, 9.17) is 4.52 Å². The van der Waals surface area contributed by atoms with Crippen LogP contribution in [0, 0.1) is 17.6 Å². The fourth-order valence-corrected chi connectivity index (χ4v) is 3.33. The van der Waals surface area contributed by atoms with Crippen LogP contribution >= 0.6 is 0 Å². The Morgan fingerprint density at radius 1 is 1.42 bits per heavy atom. The van der Waals surface area contributed by atoms with Crippen LogP contribution < -0.4 is 5.32 Å². The van der Waals surface area contributed by atoms with E-state index in [0.717, 1.165) is 38.4 Å². The second-order valence-electron chi connectivity index (χ2n) is 6.61. The number of benzene rings is 1. The number of likely N-dealkylation sites (tertiary alicyclic amines) is 1. The highest BCUT2D eigenvalue weighted by Crippen LogP contribution is 2.23. The number of aromatic nitrogens is 2. The van der Waals surface area contributed by atoms with Crippen LogP contribution in [-0.2, 0) is 13.0 Å². The van der Waals surface area contributed by atoms with Gasteiger partial charge in [0.1, 0.15) is 11.6 Å². The van der Waals surface area contributed by atoms with Crippen molar-refractivity contribution in [3.8, 4) is 0 Å². The van der Waals surface area contributed by atoms with Crippen LogP contribution in [0.4, 0.5) is 8.78 Å². The molecule has 1 amide bonds. The molecule has 0 saturated carbocycles. The third-order valence-electron chi connectivity index (χ3n) is 4.69. The average Bonchev–Trinajstić information content (AvgIpc) is 3.09. The number of carbonyl (C=O) groups excluding carboxylic acids is 1. The first kappa shape index (κ1) is 18.4. The molecule has 3 rings (SSSR count). The highest BCUT2D eigenvalue weighted by atomic mass is 19.1. The molecule has 1 saturated heterocycles. The fourth-order valence-electron chi connectivity index (χ4n) is 3.33. The summed E-state index contributed by atoms with van der Waals surface area (Å²) in [6.45, 7) is 2.29. The highest BCUT2D eigenvalue weighted by molar-refractivity contribution is 5.89. The van der Waals surface area contributed by atoms with Gasteiger partial charge in [-0.15, -0.1) is 0 Å². The third kappa shape index (κ3) is 4.63. The zero-order valence-corrected chi connectivity index (χ0v) is 14.7. The van der Waals surface area contributed by atoms with E-state index < -0.39 is 17.5 Å². The number of rotatable bonds is 6. The SMILES string of the molecule is CNC(=O)c1nc(CN2CCCC(CCc3ccc(F)cc3F)C2)no1. The van der Waals surface area contributed by atoms with Gasteiger partial charge in [-0.2, -0.15) is 4.98 Å². The number of carbonyl (C=O) groups is 1. The summed E-state index contributed by atoms with van der Waals surface area (Å²) < 4.78 is 31.7. The molecular formula is C18H22F2N4O2. The lowest BCUT2D eigenvalue weighted by molar-refractivity contribution is 0.0919. The molecule has 1 fully saturated rings. The molecule has 6 nitrogen and oxygen atoms in total. The van der Waals surface area contributed by atoms with E-state index in [1.165, 1.54) is 19.2 Å². The smallest absolute Gasteiger partial charge is 0.315 e. The summed E-state index contributed by atoms with van der Waals surface area (Å²) in [7, 11) is 1.51. The van der Waals surface area contributed by atoms with Crippen LogP contribution in [0.5, 0.6) is 0 Å². The Morgan fingerprint density at radius 3 is 3.04 bits per heavy atom. The lowest BCUT2D eigenvalue weighted by Crippen LogP contribution is -2.35. The molecule has 0 radical (unpaired) electrons. The van der Waals surface area contributed by atoms with Crippen LogP contribution in [0.15, 0.2) is 22.7 Å². The van der Waals surface area contributed by atoms with Crippen molar-refractivity contribution >= 4 is 5.91 Å². The minimum atomic E-state index is -0.550. The number of amides is 1. The summed E-state index contributed by atoms with van der Waals surface area (Å²) >= 11 is 0. The number of hydrogen-bond acceptors (Lipinski definition) is 5. The van der Waals surface area contributed by atoms with Gasteiger partial charge in [0.25, 0.3) is 0 Å². The van der Waals surface area contributed by atoms with Gasteiger partial charge in [-0.1, -0.05) is 11.2 Å². The van der Waals surface area contributed by atoms with Gasteiger partial charge in [0.15, 0.2) is 5.82 Å². The summed E-state index contributed by atoms with van der Waals surface area (Å²) in [5, 5.41) is 6.29. The molecule has 0 spiro atoms. The summed E-state index contributed by atoms with van der Waals surface area (Å²) in [5.74, 6) is -0.561.